The summed E-state index contributed by atoms with van der Waals surface area (Å²) in [6.07, 6.45) is 0.485. The zero-order valence-electron chi connectivity index (χ0n) is 6.50. The van der Waals surface area contributed by atoms with E-state index in [1.807, 2.05) is 13.8 Å². The Labute approximate surface area is 71.1 Å². The molecule has 5 heteroatoms. The lowest BCUT2D eigenvalue weighted by Crippen LogP contribution is -2.20. The molecule has 0 aromatic carbocycles. The molecule has 0 spiro atoms. The molecule has 0 aromatic heterocycles. The summed E-state index contributed by atoms with van der Waals surface area (Å²) in [5, 5.41) is -0.529. The molecule has 66 valence electrons. The van der Waals surface area contributed by atoms with Gasteiger partial charge in [-0.25, -0.2) is 8.42 Å². The Morgan fingerprint density at radius 3 is 2.27 bits per heavy atom. The first-order valence-electron chi connectivity index (χ1n) is 3.39. The second-order valence-electron chi connectivity index (χ2n) is 3.37. The molecule has 1 aliphatic heterocycles. The van der Waals surface area contributed by atoms with Crippen LogP contribution in [0.4, 0.5) is 0 Å². The first-order chi connectivity index (χ1) is 4.81. The summed E-state index contributed by atoms with van der Waals surface area (Å²) < 4.78 is 26.8. The zero-order valence-corrected chi connectivity index (χ0v) is 8.07. The molecule has 1 fully saturated rings. The van der Waals surface area contributed by atoms with Gasteiger partial charge in [-0.3, -0.25) is 0 Å². The predicted molar refractivity (Wildman–Crippen MR) is 43.2 cm³/mol. The van der Waals surface area contributed by atoms with Gasteiger partial charge in [-0.2, -0.15) is 0 Å². The van der Waals surface area contributed by atoms with Crippen LogP contribution in [-0.2, 0) is 13.8 Å². The lowest BCUT2D eigenvalue weighted by molar-refractivity contribution is 0.0368. The summed E-state index contributed by atoms with van der Waals surface area (Å²) >= 11 is 0. The van der Waals surface area contributed by atoms with Gasteiger partial charge < -0.3 is 4.74 Å². The minimum atomic E-state index is -3.43. The first kappa shape index (κ1) is 9.29. The summed E-state index contributed by atoms with van der Waals surface area (Å²) in [6.45, 7) is 3.93. The minimum absolute atomic E-state index is 0.221. The average molecular weight is 199 g/mol. The van der Waals surface area contributed by atoms with Crippen molar-refractivity contribution >= 4 is 19.7 Å². The van der Waals surface area contributed by atoms with Crippen molar-refractivity contribution < 1.29 is 13.2 Å². The van der Waals surface area contributed by atoms with Gasteiger partial charge in [0.2, 0.25) is 9.05 Å². The monoisotopic (exact) mass is 198 g/mol. The van der Waals surface area contributed by atoms with Crippen LogP contribution in [0, 0.1) is 0 Å². The van der Waals surface area contributed by atoms with E-state index in [0.717, 1.165) is 0 Å². The van der Waals surface area contributed by atoms with Gasteiger partial charge in [-0.15, -0.1) is 0 Å². The van der Waals surface area contributed by atoms with Gasteiger partial charge in [-0.05, 0) is 20.3 Å². The molecule has 0 amide bonds. The molecule has 0 N–H and O–H groups in total. The van der Waals surface area contributed by atoms with E-state index in [9.17, 15) is 8.42 Å². The minimum Gasteiger partial charge on any atom is -0.374 e. The van der Waals surface area contributed by atoms with Crippen LogP contribution in [0.15, 0.2) is 0 Å². The fraction of sp³-hybridized carbons (Fsp3) is 1.00. The smallest absolute Gasteiger partial charge is 0.237 e. The Kier molecular flexibility index (Phi) is 2.20. The summed E-state index contributed by atoms with van der Waals surface area (Å²) in [4.78, 5) is 0. The molecule has 1 atom stereocenters. The van der Waals surface area contributed by atoms with Crippen LogP contribution in [-0.4, -0.2) is 25.9 Å². The van der Waals surface area contributed by atoms with Gasteiger partial charge in [0.15, 0.2) is 0 Å². The second kappa shape index (κ2) is 2.61. The van der Waals surface area contributed by atoms with Crippen molar-refractivity contribution in [1.29, 1.82) is 0 Å². The standard InChI is InChI=1S/C6H11ClO3S/c1-6(2)3-5(4-10-6)11(7,8)9/h5H,3-4H2,1-2H3/t5-/m1/s1. The molecule has 0 radical (unpaired) electrons. The van der Waals surface area contributed by atoms with Crippen molar-refractivity contribution in [1.82, 2.24) is 0 Å². The predicted octanol–water partition coefficient (Wildman–Crippen LogP) is 1.12. The molecule has 3 nitrogen and oxygen atoms in total. The molecule has 0 saturated carbocycles. The Balaban J connectivity index is 2.71. The SMILES string of the molecule is CC1(C)C[C@@H](S(=O)(=O)Cl)CO1. The quantitative estimate of drug-likeness (QED) is 0.594. The maximum atomic E-state index is 10.8. The second-order valence-corrected chi connectivity index (χ2v) is 6.28. The number of hydrogen-bond donors (Lipinski definition) is 0. The highest BCUT2D eigenvalue weighted by atomic mass is 35.7. The van der Waals surface area contributed by atoms with Crippen molar-refractivity contribution in [2.75, 3.05) is 6.61 Å². The average Bonchev–Trinajstić information content (AvgIpc) is 2.07. The summed E-state index contributed by atoms with van der Waals surface area (Å²) in [6, 6.07) is 0. The van der Waals surface area contributed by atoms with Crippen LogP contribution in [0.5, 0.6) is 0 Å². The van der Waals surface area contributed by atoms with Gasteiger partial charge in [0, 0.05) is 10.7 Å². The third-order valence-electron chi connectivity index (χ3n) is 1.78. The number of hydrogen-bond acceptors (Lipinski definition) is 3. The maximum Gasteiger partial charge on any atom is 0.237 e. The van der Waals surface area contributed by atoms with Crippen molar-refractivity contribution in [2.45, 2.75) is 31.1 Å². The van der Waals surface area contributed by atoms with E-state index in [-0.39, 0.29) is 12.2 Å². The number of rotatable bonds is 1. The highest BCUT2D eigenvalue weighted by molar-refractivity contribution is 8.14. The van der Waals surface area contributed by atoms with Crippen molar-refractivity contribution in [3.63, 3.8) is 0 Å². The molecule has 11 heavy (non-hydrogen) atoms. The molecule has 1 saturated heterocycles. The van der Waals surface area contributed by atoms with Crippen LogP contribution in [0.1, 0.15) is 20.3 Å². The largest absolute Gasteiger partial charge is 0.374 e. The Hall–Kier alpha value is 0.200. The topological polar surface area (TPSA) is 43.4 Å². The van der Waals surface area contributed by atoms with Crippen molar-refractivity contribution in [2.24, 2.45) is 0 Å². The molecule has 0 aromatic rings. The lowest BCUT2D eigenvalue weighted by Gasteiger charge is -2.14. The fourth-order valence-corrected chi connectivity index (χ4v) is 2.34. The van der Waals surface area contributed by atoms with Crippen LogP contribution in [0.3, 0.4) is 0 Å². The van der Waals surface area contributed by atoms with Crippen LogP contribution < -0.4 is 0 Å². The van der Waals surface area contributed by atoms with Crippen LogP contribution in [0.25, 0.3) is 0 Å². The highest BCUT2D eigenvalue weighted by Crippen LogP contribution is 2.30. The molecule has 1 heterocycles. The van der Waals surface area contributed by atoms with Crippen LogP contribution >= 0.6 is 10.7 Å². The van der Waals surface area contributed by atoms with Gasteiger partial charge in [0.25, 0.3) is 0 Å². The molecule has 0 aliphatic carbocycles. The van der Waals surface area contributed by atoms with E-state index >= 15 is 0 Å². The number of ether oxygens (including phenoxy) is 1. The van der Waals surface area contributed by atoms with E-state index in [0.29, 0.717) is 6.42 Å². The van der Waals surface area contributed by atoms with Gasteiger partial charge >= 0.3 is 0 Å². The van der Waals surface area contributed by atoms with Gasteiger partial charge in [0.05, 0.1) is 12.2 Å². The molecular weight excluding hydrogens is 188 g/mol. The summed E-state index contributed by atoms with van der Waals surface area (Å²) in [7, 11) is 1.73. The van der Waals surface area contributed by atoms with Crippen LogP contribution in [0.2, 0.25) is 0 Å². The summed E-state index contributed by atoms with van der Waals surface area (Å²) in [5.74, 6) is 0. The molecule has 1 rings (SSSR count). The lowest BCUT2D eigenvalue weighted by atomic mass is 10.1. The van der Waals surface area contributed by atoms with E-state index in [1.165, 1.54) is 0 Å². The molecule has 0 bridgehead atoms. The van der Waals surface area contributed by atoms with E-state index in [4.69, 9.17) is 15.4 Å². The van der Waals surface area contributed by atoms with E-state index in [1.54, 1.807) is 0 Å². The maximum absolute atomic E-state index is 10.8. The Morgan fingerprint density at radius 1 is 1.55 bits per heavy atom. The van der Waals surface area contributed by atoms with E-state index in [2.05, 4.69) is 0 Å². The first-order valence-corrected chi connectivity index (χ1v) is 5.76. The zero-order chi connectivity index (χ0) is 8.70. The van der Waals surface area contributed by atoms with Gasteiger partial charge in [0.1, 0.15) is 5.25 Å². The highest BCUT2D eigenvalue weighted by Gasteiger charge is 2.38. The van der Waals surface area contributed by atoms with E-state index < -0.39 is 14.3 Å². The summed E-state index contributed by atoms with van der Waals surface area (Å²) in [5.41, 5.74) is -0.341. The van der Waals surface area contributed by atoms with Crippen molar-refractivity contribution in [3.05, 3.63) is 0 Å². The van der Waals surface area contributed by atoms with Gasteiger partial charge in [-0.1, -0.05) is 0 Å². The molecular formula is C6H11ClO3S. The fourth-order valence-electron chi connectivity index (χ4n) is 1.17. The molecule has 0 unspecified atom stereocenters. The third kappa shape index (κ3) is 2.32. The molecule has 1 aliphatic rings. The Morgan fingerprint density at radius 2 is 2.09 bits per heavy atom. The Bertz CT molecular complexity index is 245. The van der Waals surface area contributed by atoms with Crippen molar-refractivity contribution in [3.8, 4) is 0 Å². The normalized spacial score (nSPS) is 30.6. The third-order valence-corrected chi connectivity index (χ3v) is 3.63. The number of halogens is 1.